The number of nitrogens with zero attached hydrogens (tertiary/aromatic N) is 2. The number of aromatic nitrogens is 2. The Morgan fingerprint density at radius 3 is 2.52 bits per heavy atom. The van der Waals surface area contributed by atoms with Gasteiger partial charge in [0.05, 0.1) is 11.3 Å². The number of rotatable bonds is 4. The number of carbonyl (C=O) groups is 1. The highest BCUT2D eigenvalue weighted by molar-refractivity contribution is 5.91. The van der Waals surface area contributed by atoms with E-state index in [-0.39, 0.29) is 5.57 Å². The molecule has 0 fully saturated rings. The minimum absolute atomic E-state index is 0.284. The summed E-state index contributed by atoms with van der Waals surface area (Å²) in [6.45, 7) is 4.34. The summed E-state index contributed by atoms with van der Waals surface area (Å²) in [4.78, 5) is 20.1. The molecule has 0 saturated carbocycles. The summed E-state index contributed by atoms with van der Waals surface area (Å²) in [5.74, 6) is 0.166. The molecule has 4 heteroatoms. The third-order valence-electron chi connectivity index (χ3n) is 4.15. The lowest BCUT2D eigenvalue weighted by atomic mass is 10.0. The van der Waals surface area contributed by atoms with Crippen molar-refractivity contribution in [2.24, 2.45) is 0 Å². The van der Waals surface area contributed by atoms with E-state index in [1.165, 1.54) is 5.56 Å². The summed E-state index contributed by atoms with van der Waals surface area (Å²) in [6, 6.07) is 10.3. The molecule has 4 nitrogen and oxygen atoms in total. The quantitative estimate of drug-likeness (QED) is 0.887. The van der Waals surface area contributed by atoms with Crippen LogP contribution in [0.3, 0.4) is 0 Å². The van der Waals surface area contributed by atoms with Gasteiger partial charge in [0.1, 0.15) is 0 Å². The van der Waals surface area contributed by atoms with Crippen LogP contribution in [0.15, 0.2) is 66.4 Å². The van der Waals surface area contributed by atoms with Crippen molar-refractivity contribution in [3.63, 3.8) is 0 Å². The first-order valence-electron chi connectivity index (χ1n) is 8.30. The molecule has 0 bridgehead atoms. The highest BCUT2D eigenvalue weighted by Gasteiger charge is 2.10. The van der Waals surface area contributed by atoms with E-state index >= 15 is 0 Å². The van der Waals surface area contributed by atoms with Gasteiger partial charge in [-0.05, 0) is 30.0 Å². The SMILES string of the molecule is CC(C)c1ccc(-c2ccnc(C3=CCC=C(C(=O)O)C=C3)n2)cc1. The molecule has 2 aromatic rings. The Balaban J connectivity index is 1.88. The normalized spacial score (nSPS) is 14.0. The number of benzene rings is 1. The van der Waals surface area contributed by atoms with Crippen molar-refractivity contribution < 1.29 is 9.90 Å². The smallest absolute Gasteiger partial charge is 0.335 e. The predicted molar refractivity (Wildman–Crippen MR) is 99.0 cm³/mol. The Labute approximate surface area is 147 Å². The van der Waals surface area contributed by atoms with Crippen LogP contribution in [0.4, 0.5) is 0 Å². The minimum Gasteiger partial charge on any atom is -0.478 e. The molecule has 0 amide bonds. The van der Waals surface area contributed by atoms with E-state index in [4.69, 9.17) is 5.11 Å². The number of aliphatic carboxylic acids is 1. The van der Waals surface area contributed by atoms with Crippen LogP contribution in [0.1, 0.15) is 37.6 Å². The summed E-state index contributed by atoms with van der Waals surface area (Å²) in [6.07, 6.45) is 9.25. The second-order valence-corrected chi connectivity index (χ2v) is 6.24. The second-order valence-electron chi connectivity index (χ2n) is 6.24. The zero-order valence-corrected chi connectivity index (χ0v) is 14.3. The van der Waals surface area contributed by atoms with Crippen molar-refractivity contribution in [1.82, 2.24) is 9.97 Å². The Morgan fingerprint density at radius 2 is 1.84 bits per heavy atom. The molecule has 25 heavy (non-hydrogen) atoms. The fourth-order valence-electron chi connectivity index (χ4n) is 2.65. The summed E-state index contributed by atoms with van der Waals surface area (Å²) < 4.78 is 0. The van der Waals surface area contributed by atoms with Gasteiger partial charge in [-0.3, -0.25) is 0 Å². The van der Waals surface area contributed by atoms with Crippen molar-refractivity contribution in [3.8, 4) is 11.3 Å². The molecule has 1 aromatic carbocycles. The van der Waals surface area contributed by atoms with Crippen LogP contribution >= 0.6 is 0 Å². The van der Waals surface area contributed by atoms with E-state index in [0.29, 0.717) is 18.2 Å². The maximum absolute atomic E-state index is 11.1. The highest BCUT2D eigenvalue weighted by Crippen LogP contribution is 2.23. The first-order chi connectivity index (χ1) is 12.0. The molecule has 3 rings (SSSR count). The van der Waals surface area contributed by atoms with Gasteiger partial charge in [-0.25, -0.2) is 14.8 Å². The maximum Gasteiger partial charge on any atom is 0.335 e. The molecule has 0 atom stereocenters. The van der Waals surface area contributed by atoms with Crippen LogP contribution in [0.5, 0.6) is 0 Å². The molecule has 0 spiro atoms. The molecule has 126 valence electrons. The van der Waals surface area contributed by atoms with E-state index in [1.54, 1.807) is 24.4 Å². The Morgan fingerprint density at radius 1 is 1.08 bits per heavy atom. The predicted octanol–water partition coefficient (Wildman–Crippen LogP) is 4.62. The molecule has 1 aromatic heterocycles. The van der Waals surface area contributed by atoms with Crippen molar-refractivity contribution in [3.05, 3.63) is 77.8 Å². The lowest BCUT2D eigenvalue weighted by Crippen LogP contribution is -1.97. The molecule has 1 heterocycles. The first kappa shape index (κ1) is 16.8. The van der Waals surface area contributed by atoms with Crippen molar-refractivity contribution in [2.45, 2.75) is 26.2 Å². The van der Waals surface area contributed by atoms with Crippen molar-refractivity contribution in [2.75, 3.05) is 0 Å². The van der Waals surface area contributed by atoms with Gasteiger partial charge in [-0.1, -0.05) is 56.3 Å². The molecule has 0 unspecified atom stereocenters. The molecule has 1 aliphatic carbocycles. The molecular weight excluding hydrogens is 312 g/mol. The van der Waals surface area contributed by atoms with Crippen molar-refractivity contribution >= 4 is 11.5 Å². The van der Waals surface area contributed by atoms with Gasteiger partial charge >= 0.3 is 5.97 Å². The van der Waals surface area contributed by atoms with Gasteiger partial charge in [-0.2, -0.15) is 0 Å². The molecular formula is C21H20N2O2. The number of carboxylic acid groups (broad SMARTS) is 1. The van der Waals surface area contributed by atoms with Crippen LogP contribution in [0.25, 0.3) is 16.8 Å². The largest absolute Gasteiger partial charge is 0.478 e. The molecule has 0 radical (unpaired) electrons. The lowest BCUT2D eigenvalue weighted by molar-refractivity contribution is -0.132. The van der Waals surface area contributed by atoms with E-state index in [2.05, 4.69) is 48.1 Å². The average Bonchev–Trinajstić information content (AvgIpc) is 2.88. The number of carboxylic acids is 1. The fourth-order valence-corrected chi connectivity index (χ4v) is 2.65. The molecule has 0 saturated heterocycles. The van der Waals surface area contributed by atoms with Crippen LogP contribution in [-0.4, -0.2) is 21.0 Å². The zero-order chi connectivity index (χ0) is 17.8. The van der Waals surface area contributed by atoms with Gasteiger partial charge in [0, 0.05) is 17.3 Å². The fraction of sp³-hybridized carbons (Fsp3) is 0.190. The molecule has 1 aliphatic rings. The Hall–Kier alpha value is -3.01. The van der Waals surface area contributed by atoms with Crippen LogP contribution in [0, 0.1) is 0 Å². The zero-order valence-electron chi connectivity index (χ0n) is 14.3. The van der Waals surface area contributed by atoms with E-state index in [1.807, 2.05) is 12.1 Å². The molecule has 1 N–H and O–H groups in total. The monoisotopic (exact) mass is 332 g/mol. The topological polar surface area (TPSA) is 63.1 Å². The van der Waals surface area contributed by atoms with Crippen LogP contribution in [-0.2, 0) is 4.79 Å². The van der Waals surface area contributed by atoms with Gasteiger partial charge in [-0.15, -0.1) is 0 Å². The van der Waals surface area contributed by atoms with Gasteiger partial charge in [0.15, 0.2) is 5.82 Å². The lowest BCUT2D eigenvalue weighted by Gasteiger charge is -2.08. The van der Waals surface area contributed by atoms with Crippen LogP contribution < -0.4 is 0 Å². The second kappa shape index (κ2) is 7.26. The Kier molecular flexibility index (Phi) is 4.89. The molecule has 0 aliphatic heterocycles. The third-order valence-corrected chi connectivity index (χ3v) is 4.15. The van der Waals surface area contributed by atoms with E-state index in [9.17, 15) is 4.79 Å². The summed E-state index contributed by atoms with van der Waals surface area (Å²) >= 11 is 0. The van der Waals surface area contributed by atoms with Gasteiger partial charge < -0.3 is 5.11 Å². The van der Waals surface area contributed by atoms with E-state index < -0.39 is 5.97 Å². The van der Waals surface area contributed by atoms with E-state index in [0.717, 1.165) is 16.8 Å². The first-order valence-corrected chi connectivity index (χ1v) is 8.30. The number of hydrogen-bond acceptors (Lipinski definition) is 3. The van der Waals surface area contributed by atoms with Gasteiger partial charge in [0.2, 0.25) is 0 Å². The van der Waals surface area contributed by atoms with Crippen LogP contribution in [0.2, 0.25) is 0 Å². The maximum atomic E-state index is 11.1. The Bertz CT molecular complexity index is 875. The standard InChI is InChI=1S/C21H20N2O2/c1-14(2)15-6-8-16(9-7-15)19-12-13-22-20(23-19)17-4-3-5-18(11-10-17)21(24)25/h4-14H,3H2,1-2H3,(H,24,25). The van der Waals surface area contributed by atoms with Gasteiger partial charge in [0.25, 0.3) is 0 Å². The minimum atomic E-state index is -0.925. The highest BCUT2D eigenvalue weighted by atomic mass is 16.4. The van der Waals surface area contributed by atoms with Crippen molar-refractivity contribution in [1.29, 1.82) is 0 Å². The summed E-state index contributed by atoms with van der Waals surface area (Å²) in [5.41, 5.74) is 4.29. The summed E-state index contributed by atoms with van der Waals surface area (Å²) in [7, 11) is 0. The number of allylic oxidation sites excluding steroid dienone is 4. The average molecular weight is 332 g/mol. The number of hydrogen-bond donors (Lipinski definition) is 1. The third kappa shape index (κ3) is 3.91. The summed E-state index contributed by atoms with van der Waals surface area (Å²) in [5, 5.41) is 9.10.